The van der Waals surface area contributed by atoms with Crippen LogP contribution in [0.2, 0.25) is 0 Å². The van der Waals surface area contributed by atoms with E-state index in [0.717, 1.165) is 19.6 Å². The maximum Gasteiger partial charge on any atom is 0.150 e. The van der Waals surface area contributed by atoms with E-state index < -0.39 is 9.84 Å². The molecule has 0 amide bonds. The van der Waals surface area contributed by atoms with Gasteiger partial charge in [-0.3, -0.25) is 4.90 Å². The molecule has 102 valence electrons. The standard InChI is InChI=1S/C11H22ClNO3S/c1-3-17(14,15)6-4-5-13-8-10(2)16-11(7-12)9-13/h10-11H,3-9H2,1-2H3. The van der Waals surface area contributed by atoms with Crippen molar-refractivity contribution < 1.29 is 13.2 Å². The minimum atomic E-state index is -2.84. The highest BCUT2D eigenvalue weighted by molar-refractivity contribution is 7.91. The van der Waals surface area contributed by atoms with Crippen molar-refractivity contribution in [3.05, 3.63) is 0 Å². The molecule has 0 aromatic carbocycles. The second kappa shape index (κ2) is 6.92. The third kappa shape index (κ3) is 5.55. The summed E-state index contributed by atoms with van der Waals surface area (Å²) in [6, 6.07) is 0. The molecule has 1 rings (SSSR count). The minimum absolute atomic E-state index is 0.0724. The summed E-state index contributed by atoms with van der Waals surface area (Å²) >= 11 is 5.79. The van der Waals surface area contributed by atoms with Crippen LogP contribution in [-0.2, 0) is 14.6 Å². The molecule has 4 nitrogen and oxygen atoms in total. The summed E-state index contributed by atoms with van der Waals surface area (Å²) in [5.41, 5.74) is 0. The first-order valence-electron chi connectivity index (χ1n) is 6.11. The normalized spacial score (nSPS) is 27.2. The largest absolute Gasteiger partial charge is 0.371 e. The van der Waals surface area contributed by atoms with Gasteiger partial charge in [-0.1, -0.05) is 6.92 Å². The molecule has 0 aromatic heterocycles. The lowest BCUT2D eigenvalue weighted by Gasteiger charge is -2.36. The van der Waals surface area contributed by atoms with Crippen molar-refractivity contribution in [1.82, 2.24) is 4.90 Å². The number of rotatable bonds is 6. The summed E-state index contributed by atoms with van der Waals surface area (Å²) in [4.78, 5) is 2.24. The molecule has 0 radical (unpaired) electrons. The van der Waals surface area contributed by atoms with Crippen LogP contribution >= 0.6 is 11.6 Å². The topological polar surface area (TPSA) is 46.6 Å². The molecule has 1 aliphatic heterocycles. The number of alkyl halides is 1. The van der Waals surface area contributed by atoms with E-state index in [2.05, 4.69) is 4.90 Å². The molecular formula is C11H22ClNO3S. The quantitative estimate of drug-likeness (QED) is 0.686. The van der Waals surface area contributed by atoms with Gasteiger partial charge in [0.25, 0.3) is 0 Å². The van der Waals surface area contributed by atoms with Gasteiger partial charge in [-0.15, -0.1) is 11.6 Å². The van der Waals surface area contributed by atoms with E-state index in [4.69, 9.17) is 16.3 Å². The van der Waals surface area contributed by atoms with Gasteiger partial charge in [0.15, 0.2) is 0 Å². The number of ether oxygens (including phenoxy) is 1. The molecule has 1 aliphatic rings. The lowest BCUT2D eigenvalue weighted by atomic mass is 10.2. The van der Waals surface area contributed by atoms with Crippen LogP contribution in [0.3, 0.4) is 0 Å². The molecule has 6 heteroatoms. The number of sulfone groups is 1. The van der Waals surface area contributed by atoms with Crippen molar-refractivity contribution in [3.8, 4) is 0 Å². The monoisotopic (exact) mass is 283 g/mol. The van der Waals surface area contributed by atoms with Crippen LogP contribution in [0.1, 0.15) is 20.3 Å². The van der Waals surface area contributed by atoms with Crippen LogP contribution in [0, 0.1) is 0 Å². The molecule has 0 N–H and O–H groups in total. The fourth-order valence-electron chi connectivity index (χ4n) is 2.06. The van der Waals surface area contributed by atoms with E-state index >= 15 is 0 Å². The number of morpholine rings is 1. The Morgan fingerprint density at radius 2 is 2.12 bits per heavy atom. The molecule has 17 heavy (non-hydrogen) atoms. The minimum Gasteiger partial charge on any atom is -0.371 e. The molecule has 2 unspecified atom stereocenters. The second-order valence-electron chi connectivity index (χ2n) is 4.57. The van der Waals surface area contributed by atoms with Gasteiger partial charge < -0.3 is 4.74 Å². The predicted octanol–water partition coefficient (Wildman–Crippen LogP) is 1.14. The maximum atomic E-state index is 11.4. The molecule has 1 fully saturated rings. The summed E-state index contributed by atoms with van der Waals surface area (Å²) in [6.45, 7) is 6.18. The van der Waals surface area contributed by atoms with E-state index in [1.54, 1.807) is 6.92 Å². The Kier molecular flexibility index (Phi) is 6.20. The zero-order valence-electron chi connectivity index (χ0n) is 10.6. The number of halogens is 1. The van der Waals surface area contributed by atoms with Gasteiger partial charge in [0.2, 0.25) is 0 Å². The van der Waals surface area contributed by atoms with Crippen LogP contribution in [0.25, 0.3) is 0 Å². The van der Waals surface area contributed by atoms with Gasteiger partial charge in [-0.25, -0.2) is 8.42 Å². The average Bonchev–Trinajstić information content (AvgIpc) is 2.28. The third-order valence-electron chi connectivity index (χ3n) is 2.94. The highest BCUT2D eigenvalue weighted by Crippen LogP contribution is 2.12. The summed E-state index contributed by atoms with van der Waals surface area (Å²) < 4.78 is 28.4. The van der Waals surface area contributed by atoms with Gasteiger partial charge >= 0.3 is 0 Å². The first-order chi connectivity index (χ1) is 7.96. The predicted molar refractivity (Wildman–Crippen MR) is 70.4 cm³/mol. The van der Waals surface area contributed by atoms with Crippen molar-refractivity contribution >= 4 is 21.4 Å². The Morgan fingerprint density at radius 3 is 2.71 bits per heavy atom. The van der Waals surface area contributed by atoms with Crippen molar-refractivity contribution in [2.24, 2.45) is 0 Å². The van der Waals surface area contributed by atoms with E-state index in [1.165, 1.54) is 0 Å². The van der Waals surface area contributed by atoms with E-state index in [0.29, 0.717) is 12.3 Å². The first kappa shape index (κ1) is 15.2. The maximum absolute atomic E-state index is 11.4. The zero-order chi connectivity index (χ0) is 12.9. The number of hydrogen-bond donors (Lipinski definition) is 0. The van der Waals surface area contributed by atoms with Gasteiger partial charge in [-0.2, -0.15) is 0 Å². The van der Waals surface area contributed by atoms with Crippen molar-refractivity contribution in [2.75, 3.05) is 37.0 Å². The fourth-order valence-corrected chi connectivity index (χ4v) is 3.09. The number of nitrogens with zero attached hydrogens (tertiary/aromatic N) is 1. The summed E-state index contributed by atoms with van der Waals surface area (Å²) in [6.07, 6.45) is 0.941. The van der Waals surface area contributed by atoms with Gasteiger partial charge in [0, 0.05) is 24.7 Å². The molecule has 0 aromatic rings. The number of hydrogen-bond acceptors (Lipinski definition) is 4. The Bertz CT molecular complexity index is 321. The SMILES string of the molecule is CCS(=O)(=O)CCCN1CC(C)OC(CCl)C1. The van der Waals surface area contributed by atoms with Crippen LogP contribution in [-0.4, -0.2) is 62.5 Å². The summed E-state index contributed by atoms with van der Waals surface area (Å²) in [5, 5.41) is 0. The molecule has 0 bridgehead atoms. The Hall–Kier alpha value is 0.160. The fraction of sp³-hybridized carbons (Fsp3) is 1.00. The van der Waals surface area contributed by atoms with Crippen LogP contribution in [0.4, 0.5) is 0 Å². The highest BCUT2D eigenvalue weighted by atomic mass is 35.5. The summed E-state index contributed by atoms with van der Waals surface area (Å²) in [7, 11) is -2.84. The Morgan fingerprint density at radius 1 is 1.41 bits per heavy atom. The van der Waals surface area contributed by atoms with Crippen LogP contribution in [0.5, 0.6) is 0 Å². The van der Waals surface area contributed by atoms with Crippen LogP contribution < -0.4 is 0 Å². The van der Waals surface area contributed by atoms with Crippen molar-refractivity contribution in [1.29, 1.82) is 0 Å². The molecule has 1 saturated heterocycles. The zero-order valence-corrected chi connectivity index (χ0v) is 12.1. The molecule has 1 heterocycles. The molecule has 2 atom stereocenters. The lowest BCUT2D eigenvalue weighted by molar-refractivity contribution is -0.0661. The average molecular weight is 284 g/mol. The van der Waals surface area contributed by atoms with Gasteiger partial charge in [-0.05, 0) is 19.9 Å². The lowest BCUT2D eigenvalue weighted by Crippen LogP contribution is -2.47. The Labute approximate surface area is 109 Å². The van der Waals surface area contributed by atoms with Crippen molar-refractivity contribution in [2.45, 2.75) is 32.5 Å². The molecule has 0 spiro atoms. The van der Waals surface area contributed by atoms with E-state index in [1.807, 2.05) is 6.92 Å². The molecule has 0 aliphatic carbocycles. The highest BCUT2D eigenvalue weighted by Gasteiger charge is 2.24. The van der Waals surface area contributed by atoms with E-state index in [9.17, 15) is 8.42 Å². The second-order valence-corrected chi connectivity index (χ2v) is 7.35. The third-order valence-corrected chi connectivity index (χ3v) is 5.08. The Balaban J connectivity index is 2.31. The van der Waals surface area contributed by atoms with Crippen LogP contribution in [0.15, 0.2) is 0 Å². The molecular weight excluding hydrogens is 262 g/mol. The smallest absolute Gasteiger partial charge is 0.150 e. The molecule has 0 saturated carbocycles. The van der Waals surface area contributed by atoms with Crippen molar-refractivity contribution in [3.63, 3.8) is 0 Å². The van der Waals surface area contributed by atoms with E-state index in [-0.39, 0.29) is 23.7 Å². The van der Waals surface area contributed by atoms with Gasteiger partial charge in [0.1, 0.15) is 9.84 Å². The first-order valence-corrected chi connectivity index (χ1v) is 8.46. The van der Waals surface area contributed by atoms with Gasteiger partial charge in [0.05, 0.1) is 18.0 Å². The summed E-state index contributed by atoms with van der Waals surface area (Å²) in [5.74, 6) is 1.01.